The molecule has 0 amide bonds. The molecule has 0 bridgehead atoms. The quantitative estimate of drug-likeness (QED) is 0.0461. The first-order chi connectivity index (χ1) is 35.1. The average Bonchev–Trinajstić information content (AvgIpc) is 3.86. The predicted octanol–water partition coefficient (Wildman–Crippen LogP) is 8.12. The van der Waals surface area contributed by atoms with Crippen molar-refractivity contribution in [1.82, 2.24) is 9.13 Å². The van der Waals surface area contributed by atoms with Crippen LogP contribution in [-0.4, -0.2) is 119 Å². The van der Waals surface area contributed by atoms with Crippen LogP contribution in [0, 0.1) is 0 Å². The third-order valence-electron chi connectivity index (χ3n) is 12.5. The minimum absolute atomic E-state index is 0.431. The van der Waals surface area contributed by atoms with E-state index in [0.717, 1.165) is 90.6 Å². The zero-order chi connectivity index (χ0) is 54.1. The Morgan fingerprint density at radius 2 is 0.838 bits per heavy atom. The molecule has 2 aliphatic heterocycles. The van der Waals surface area contributed by atoms with Crippen molar-refractivity contribution in [2.75, 3.05) is 13.2 Å². The number of rotatable bonds is 20. The van der Waals surface area contributed by atoms with Crippen molar-refractivity contribution in [1.29, 1.82) is 0 Å². The van der Waals surface area contributed by atoms with E-state index in [9.17, 15) is 38.4 Å². The van der Waals surface area contributed by atoms with E-state index in [1.165, 1.54) is 27.7 Å². The van der Waals surface area contributed by atoms with Crippen molar-refractivity contribution in [2.45, 2.75) is 168 Å². The van der Waals surface area contributed by atoms with E-state index < -0.39 is 128 Å². The lowest BCUT2D eigenvalue weighted by Gasteiger charge is -2.45. The summed E-state index contributed by atoms with van der Waals surface area (Å²) in [5, 5.41) is 1.46. The Balaban J connectivity index is 1.62. The summed E-state index contributed by atoms with van der Waals surface area (Å²) in [7, 11) is 0. The highest BCUT2D eigenvalue weighted by Gasteiger charge is 2.55. The molecule has 2 fully saturated rings. The Morgan fingerprint density at radius 3 is 1.19 bits per heavy atom. The van der Waals surface area contributed by atoms with Gasteiger partial charge in [0.05, 0.1) is 11.0 Å². The monoisotopic (exact) mass is 1160 g/mol. The summed E-state index contributed by atoms with van der Waals surface area (Å²) < 4.78 is 64.1. The molecule has 0 radical (unpaired) electrons. The number of benzene rings is 2. The normalized spacial score (nSPS) is 23.7. The lowest BCUT2D eigenvalue weighted by Crippen LogP contribution is -2.60. The van der Waals surface area contributed by atoms with Gasteiger partial charge in [0.2, 0.25) is 0 Å². The summed E-state index contributed by atoms with van der Waals surface area (Å²) in [5.74, 6) is -6.39. The van der Waals surface area contributed by atoms with Crippen molar-refractivity contribution in [3.05, 3.63) is 68.9 Å². The number of esters is 8. The van der Waals surface area contributed by atoms with E-state index in [1.54, 1.807) is 9.13 Å². The third-order valence-corrected chi connectivity index (χ3v) is 13.5. The van der Waals surface area contributed by atoms with Crippen LogP contribution in [0.15, 0.2) is 57.7 Å². The molecule has 74 heavy (non-hydrogen) atoms. The minimum Gasteiger partial charge on any atom is -0.463 e. The molecule has 0 spiro atoms. The Labute approximate surface area is 444 Å². The summed E-state index contributed by atoms with van der Waals surface area (Å²) >= 11 is 7.37. The van der Waals surface area contributed by atoms with E-state index in [1.807, 2.05) is 48.8 Å². The molecule has 0 unspecified atom stereocenters. The Morgan fingerprint density at radius 1 is 0.486 bits per heavy atom. The van der Waals surface area contributed by atoms with Gasteiger partial charge in [0, 0.05) is 93.4 Å². The summed E-state index contributed by atoms with van der Waals surface area (Å²) in [6.07, 6.45) is -4.59. The van der Waals surface area contributed by atoms with Crippen molar-refractivity contribution in [3.63, 3.8) is 0 Å². The Kier molecular flexibility index (Phi) is 19.9. The van der Waals surface area contributed by atoms with Gasteiger partial charge in [0.15, 0.2) is 49.1 Å². The number of unbranched alkanes of at least 4 members (excludes halogenated alkanes) is 4. The second-order valence-electron chi connectivity index (χ2n) is 18.2. The highest BCUT2D eigenvalue weighted by atomic mass is 79.9. The molecule has 22 heteroatoms. The third kappa shape index (κ3) is 14.1. The molecule has 0 N–H and O–H groups in total. The van der Waals surface area contributed by atoms with Crippen molar-refractivity contribution >= 4 is 101 Å². The number of aromatic nitrogens is 2. The van der Waals surface area contributed by atoms with Crippen molar-refractivity contribution < 1.29 is 85.7 Å². The first-order valence-electron chi connectivity index (χ1n) is 24.3. The molecule has 2 aromatic heterocycles. The van der Waals surface area contributed by atoms with Gasteiger partial charge in [-0.05, 0) is 53.9 Å². The molecule has 2 aliphatic rings. The zero-order valence-electron chi connectivity index (χ0n) is 42.6. The van der Waals surface area contributed by atoms with E-state index in [4.69, 9.17) is 47.4 Å². The number of carbonyl (C=O) groups is 8. The van der Waals surface area contributed by atoms with Gasteiger partial charge >= 0.3 is 47.8 Å². The van der Waals surface area contributed by atoms with Gasteiger partial charge in [-0.2, -0.15) is 0 Å². The maximum Gasteiger partial charge on any atom is 0.303 e. The van der Waals surface area contributed by atoms with Gasteiger partial charge in [0.1, 0.15) is 25.4 Å². The molecule has 2 saturated heterocycles. The second kappa shape index (κ2) is 25.6. The number of nitrogens with zero attached hydrogens (tertiary/aromatic N) is 2. The standard InChI is InChI=1S/C52H62Br2N2O18/c1-10-11-12-13-14-15-36(39-22-55(41-18-16-34(53)20-37(39)41)51-49(71-32(8)63)47(69-30(6)61)45(67-28(4)59)43(73-51)24-65-26(2)57)40-23-56(42-19-17-35(54)21-38(40)42)52-50(72-33(9)64)48(70-31(7)62)46(68-29(5)60)44(74-52)25-66-27(3)58/h16-23,36,43-52H,10-15,24-25H2,1-9H3/t43-,44-,45-,46-,47+,48+,49-,50-,51-,52-/m1/s1. The fraction of sp³-hybridized carbons (Fsp3) is 0.538. The Hall–Kier alpha value is -5.84. The fourth-order valence-electron chi connectivity index (χ4n) is 9.77. The van der Waals surface area contributed by atoms with Crippen molar-refractivity contribution in [2.24, 2.45) is 0 Å². The SMILES string of the molecule is CCCCCCCC(c1cn([C@@H]2O[C@H](COC(C)=O)[C@@H](OC(C)=O)[C@H](OC(C)=O)[C@H]2OC(C)=O)c2ccc(Br)cc12)c1cn([C@@H]2O[C@H](COC(C)=O)[C@@H](OC(C)=O)[C@H](OC(C)=O)[C@H]2OC(C)=O)c2ccc(Br)cc12. The molecule has 2 aromatic carbocycles. The molecule has 402 valence electrons. The van der Waals surface area contributed by atoms with E-state index in [0.29, 0.717) is 17.5 Å². The van der Waals surface area contributed by atoms with Gasteiger partial charge in [-0.25, -0.2) is 0 Å². The molecule has 4 heterocycles. The lowest BCUT2D eigenvalue weighted by atomic mass is 9.86. The zero-order valence-corrected chi connectivity index (χ0v) is 45.8. The maximum atomic E-state index is 13.0. The second-order valence-corrected chi connectivity index (χ2v) is 20.1. The van der Waals surface area contributed by atoms with Crippen LogP contribution < -0.4 is 0 Å². The van der Waals surface area contributed by atoms with Gasteiger partial charge in [0.25, 0.3) is 0 Å². The van der Waals surface area contributed by atoms with Crippen LogP contribution in [0.3, 0.4) is 0 Å². The van der Waals surface area contributed by atoms with E-state index in [2.05, 4.69) is 38.8 Å². The summed E-state index contributed by atoms with van der Waals surface area (Å²) in [4.78, 5) is 101. The minimum atomic E-state index is -1.44. The molecule has 6 rings (SSSR count). The average molecular weight is 1160 g/mol. The number of ether oxygens (including phenoxy) is 10. The topological polar surface area (TPSA) is 239 Å². The van der Waals surface area contributed by atoms with Crippen LogP contribution in [0.4, 0.5) is 0 Å². The lowest BCUT2D eigenvalue weighted by molar-refractivity contribution is -0.267. The molecule has 4 aromatic rings. The molecular formula is C52H62Br2N2O18. The molecular weight excluding hydrogens is 1100 g/mol. The van der Waals surface area contributed by atoms with Gasteiger partial charge in [-0.15, -0.1) is 0 Å². The maximum absolute atomic E-state index is 13.0. The highest BCUT2D eigenvalue weighted by molar-refractivity contribution is 9.10. The van der Waals surface area contributed by atoms with Crippen LogP contribution in [0.1, 0.15) is 130 Å². The summed E-state index contributed by atoms with van der Waals surface area (Å²) in [6.45, 7) is 10.6. The van der Waals surface area contributed by atoms with Crippen LogP contribution in [-0.2, 0) is 85.7 Å². The van der Waals surface area contributed by atoms with Gasteiger partial charge in [-0.3, -0.25) is 38.4 Å². The molecule has 0 saturated carbocycles. The number of carbonyl (C=O) groups excluding carboxylic acids is 8. The number of fused-ring (bicyclic) bond motifs is 2. The number of hydrogen-bond donors (Lipinski definition) is 0. The molecule has 10 atom stereocenters. The Bertz CT molecular complexity index is 2560. The first kappa shape index (κ1) is 57.4. The fourth-order valence-corrected chi connectivity index (χ4v) is 10.5. The first-order valence-corrected chi connectivity index (χ1v) is 25.9. The van der Waals surface area contributed by atoms with E-state index in [-0.39, 0.29) is 0 Å². The van der Waals surface area contributed by atoms with Crippen LogP contribution in [0.5, 0.6) is 0 Å². The summed E-state index contributed by atoms with van der Waals surface area (Å²) in [6, 6.07) is 11.2. The van der Waals surface area contributed by atoms with Crippen molar-refractivity contribution in [3.8, 4) is 0 Å². The summed E-state index contributed by atoms with van der Waals surface area (Å²) in [5.41, 5.74) is 2.71. The van der Waals surface area contributed by atoms with Gasteiger partial charge in [-0.1, -0.05) is 70.9 Å². The largest absolute Gasteiger partial charge is 0.463 e. The van der Waals surface area contributed by atoms with Gasteiger partial charge < -0.3 is 56.5 Å². The van der Waals surface area contributed by atoms with Crippen LogP contribution in [0.2, 0.25) is 0 Å². The van der Waals surface area contributed by atoms with Crippen LogP contribution in [0.25, 0.3) is 21.8 Å². The predicted molar refractivity (Wildman–Crippen MR) is 269 cm³/mol. The number of halogens is 2. The molecule has 0 aliphatic carbocycles. The van der Waals surface area contributed by atoms with E-state index >= 15 is 0 Å². The van der Waals surface area contributed by atoms with Crippen LogP contribution >= 0.6 is 31.9 Å². The highest BCUT2D eigenvalue weighted by Crippen LogP contribution is 2.46. The molecule has 20 nitrogen and oxygen atoms in total. The smallest absolute Gasteiger partial charge is 0.303 e. The number of hydrogen-bond acceptors (Lipinski definition) is 18.